The Labute approximate surface area is 91.6 Å². The second-order valence-electron chi connectivity index (χ2n) is 4.10. The number of fused-ring (bicyclic) bond motifs is 1. The monoisotopic (exact) mass is 220 g/mol. The molecular weight excluding hydrogens is 210 g/mol. The lowest BCUT2D eigenvalue weighted by Crippen LogP contribution is -1.92. The molecule has 0 spiro atoms. The fourth-order valence-corrected chi connectivity index (χ4v) is 1.98. The quantitative estimate of drug-likeness (QED) is 0.670. The van der Waals surface area contributed by atoms with Crippen molar-refractivity contribution in [2.75, 3.05) is 6.61 Å². The second-order valence-corrected chi connectivity index (χ2v) is 4.10. The van der Waals surface area contributed by atoms with Crippen molar-refractivity contribution in [3.05, 3.63) is 47.0 Å². The van der Waals surface area contributed by atoms with Crippen molar-refractivity contribution < 1.29 is 13.5 Å². The fourth-order valence-electron chi connectivity index (χ4n) is 1.98. The maximum absolute atomic E-state index is 13.3. The van der Waals surface area contributed by atoms with Crippen LogP contribution in [0, 0.1) is 18.6 Å². The third kappa shape index (κ3) is 1.39. The minimum atomic E-state index is -0.793. The van der Waals surface area contributed by atoms with E-state index in [0.717, 1.165) is 16.3 Å². The van der Waals surface area contributed by atoms with Gasteiger partial charge in [0.1, 0.15) is 6.10 Å². The number of hydrogen-bond acceptors (Lipinski definition) is 1. The number of rotatable bonds is 1. The Bertz CT molecular complexity index is 574. The molecule has 1 unspecified atom stereocenters. The Hall–Kier alpha value is -1.48. The van der Waals surface area contributed by atoms with Crippen LogP contribution < -0.4 is 0 Å². The molecule has 2 aromatic carbocycles. The average Bonchev–Trinajstić information content (AvgIpc) is 3.09. The minimum Gasteiger partial charge on any atom is -0.368 e. The van der Waals surface area contributed by atoms with E-state index < -0.39 is 11.6 Å². The van der Waals surface area contributed by atoms with Gasteiger partial charge in [-0.05, 0) is 41.0 Å². The molecule has 1 atom stereocenters. The minimum absolute atomic E-state index is 0.137. The van der Waals surface area contributed by atoms with E-state index in [0.29, 0.717) is 12.2 Å². The summed E-state index contributed by atoms with van der Waals surface area (Å²) in [6.45, 7) is 2.31. The molecule has 1 aliphatic rings. The summed E-state index contributed by atoms with van der Waals surface area (Å²) in [4.78, 5) is 0. The molecule has 0 saturated carbocycles. The summed E-state index contributed by atoms with van der Waals surface area (Å²) in [5, 5.41) is 1.48. The molecule has 1 aliphatic heterocycles. The lowest BCUT2D eigenvalue weighted by Gasteiger charge is -2.06. The molecule has 2 aromatic rings. The third-order valence-corrected chi connectivity index (χ3v) is 3.01. The number of halogens is 2. The molecule has 0 aromatic heterocycles. The number of ether oxygens (including phenoxy) is 1. The Kier molecular flexibility index (Phi) is 1.98. The van der Waals surface area contributed by atoms with Crippen molar-refractivity contribution in [3.8, 4) is 0 Å². The van der Waals surface area contributed by atoms with Crippen molar-refractivity contribution in [1.82, 2.24) is 0 Å². The van der Waals surface area contributed by atoms with Crippen LogP contribution in [0.2, 0.25) is 0 Å². The van der Waals surface area contributed by atoms with Crippen molar-refractivity contribution in [1.29, 1.82) is 0 Å². The van der Waals surface area contributed by atoms with Gasteiger partial charge in [-0.3, -0.25) is 0 Å². The average molecular weight is 220 g/mol. The van der Waals surface area contributed by atoms with E-state index in [1.807, 2.05) is 18.2 Å². The standard InChI is InChI=1S/C13H10F2O/c1-7-10-3-2-8(12-6-16-12)4-9(10)5-11(14)13(7)15/h2-5,12H,6H2,1H3. The Morgan fingerprint density at radius 3 is 2.69 bits per heavy atom. The predicted molar refractivity (Wildman–Crippen MR) is 57.3 cm³/mol. The van der Waals surface area contributed by atoms with Crippen molar-refractivity contribution in [2.45, 2.75) is 13.0 Å². The smallest absolute Gasteiger partial charge is 0.162 e. The molecule has 16 heavy (non-hydrogen) atoms. The summed E-state index contributed by atoms with van der Waals surface area (Å²) in [6.07, 6.45) is 0.137. The molecule has 0 amide bonds. The normalized spacial score (nSPS) is 19.1. The summed E-state index contributed by atoms with van der Waals surface area (Å²) in [5.41, 5.74) is 1.39. The summed E-state index contributed by atoms with van der Waals surface area (Å²) >= 11 is 0. The van der Waals surface area contributed by atoms with Crippen LogP contribution in [0.25, 0.3) is 10.8 Å². The van der Waals surface area contributed by atoms with Gasteiger partial charge in [0.2, 0.25) is 0 Å². The summed E-state index contributed by atoms with van der Waals surface area (Å²) < 4.78 is 31.7. The zero-order valence-corrected chi connectivity index (χ0v) is 8.76. The van der Waals surface area contributed by atoms with Gasteiger partial charge >= 0.3 is 0 Å². The molecule has 0 radical (unpaired) electrons. The van der Waals surface area contributed by atoms with Crippen LogP contribution in [0.4, 0.5) is 8.78 Å². The molecule has 0 bridgehead atoms. The summed E-state index contributed by atoms with van der Waals surface area (Å²) in [6, 6.07) is 6.83. The van der Waals surface area contributed by atoms with Gasteiger partial charge in [0.05, 0.1) is 6.61 Å². The van der Waals surface area contributed by atoms with Crippen LogP contribution in [0.5, 0.6) is 0 Å². The topological polar surface area (TPSA) is 12.5 Å². The van der Waals surface area contributed by atoms with Crippen molar-refractivity contribution >= 4 is 10.8 Å². The second kappa shape index (κ2) is 3.25. The zero-order valence-electron chi connectivity index (χ0n) is 8.76. The van der Waals surface area contributed by atoms with Gasteiger partial charge in [-0.15, -0.1) is 0 Å². The highest BCUT2D eigenvalue weighted by atomic mass is 19.2. The van der Waals surface area contributed by atoms with Crippen molar-refractivity contribution in [3.63, 3.8) is 0 Å². The maximum Gasteiger partial charge on any atom is 0.162 e. The molecule has 0 aliphatic carbocycles. The Balaban J connectivity index is 2.27. The first-order valence-corrected chi connectivity index (χ1v) is 5.16. The van der Waals surface area contributed by atoms with E-state index in [1.54, 1.807) is 6.92 Å². The van der Waals surface area contributed by atoms with Gasteiger partial charge in [-0.2, -0.15) is 0 Å². The summed E-state index contributed by atoms with van der Waals surface area (Å²) in [5.74, 6) is -1.55. The first-order valence-electron chi connectivity index (χ1n) is 5.16. The van der Waals surface area contributed by atoms with E-state index >= 15 is 0 Å². The zero-order chi connectivity index (χ0) is 11.3. The van der Waals surface area contributed by atoms with E-state index in [1.165, 1.54) is 6.07 Å². The van der Waals surface area contributed by atoms with E-state index in [-0.39, 0.29) is 6.10 Å². The Morgan fingerprint density at radius 2 is 2.00 bits per heavy atom. The lowest BCUT2D eigenvalue weighted by atomic mass is 10.0. The molecule has 1 nitrogen and oxygen atoms in total. The fraction of sp³-hybridized carbons (Fsp3) is 0.231. The molecular formula is C13H10F2O. The lowest BCUT2D eigenvalue weighted by molar-refractivity contribution is 0.416. The van der Waals surface area contributed by atoms with Crippen LogP contribution in [-0.4, -0.2) is 6.61 Å². The SMILES string of the molecule is Cc1c(F)c(F)cc2cc(C3CO3)ccc12. The Morgan fingerprint density at radius 1 is 1.25 bits per heavy atom. The van der Waals surface area contributed by atoms with Crippen molar-refractivity contribution in [2.24, 2.45) is 0 Å². The van der Waals surface area contributed by atoms with E-state index in [2.05, 4.69) is 0 Å². The molecule has 1 heterocycles. The molecule has 3 rings (SSSR count). The number of benzene rings is 2. The van der Waals surface area contributed by atoms with Crippen LogP contribution in [0.3, 0.4) is 0 Å². The van der Waals surface area contributed by atoms with Gasteiger partial charge in [-0.1, -0.05) is 12.1 Å². The van der Waals surface area contributed by atoms with Gasteiger partial charge in [0.25, 0.3) is 0 Å². The van der Waals surface area contributed by atoms with Gasteiger partial charge in [0, 0.05) is 0 Å². The molecule has 3 heteroatoms. The predicted octanol–water partition coefficient (Wildman–Crippen LogP) is 3.50. The van der Waals surface area contributed by atoms with Crippen LogP contribution in [-0.2, 0) is 4.74 Å². The maximum atomic E-state index is 13.3. The van der Waals surface area contributed by atoms with Gasteiger partial charge < -0.3 is 4.74 Å². The number of epoxide rings is 1. The summed E-state index contributed by atoms with van der Waals surface area (Å²) in [7, 11) is 0. The molecule has 1 saturated heterocycles. The largest absolute Gasteiger partial charge is 0.368 e. The van der Waals surface area contributed by atoms with Gasteiger partial charge in [-0.25, -0.2) is 8.78 Å². The first kappa shape index (κ1) is 9.73. The molecule has 1 fully saturated rings. The van der Waals surface area contributed by atoms with Crippen LogP contribution >= 0.6 is 0 Å². The first-order chi connectivity index (χ1) is 7.66. The van der Waals surface area contributed by atoms with E-state index in [4.69, 9.17) is 4.74 Å². The number of hydrogen-bond donors (Lipinski definition) is 0. The highest BCUT2D eigenvalue weighted by Gasteiger charge is 2.25. The van der Waals surface area contributed by atoms with Gasteiger partial charge in [0.15, 0.2) is 11.6 Å². The molecule has 82 valence electrons. The van der Waals surface area contributed by atoms with Crippen LogP contribution in [0.15, 0.2) is 24.3 Å². The van der Waals surface area contributed by atoms with Crippen LogP contribution in [0.1, 0.15) is 17.2 Å². The number of aryl methyl sites for hydroxylation is 1. The highest BCUT2D eigenvalue weighted by molar-refractivity contribution is 5.86. The molecule has 0 N–H and O–H groups in total. The third-order valence-electron chi connectivity index (χ3n) is 3.01. The van der Waals surface area contributed by atoms with E-state index in [9.17, 15) is 8.78 Å². The highest BCUT2D eigenvalue weighted by Crippen LogP contribution is 2.33.